The van der Waals surface area contributed by atoms with Gasteiger partial charge in [-0.1, -0.05) is 0 Å². The average Bonchev–Trinajstić information content (AvgIpc) is 2.14. The Hall–Kier alpha value is -0.610. The fourth-order valence-corrected chi connectivity index (χ4v) is 1.44. The molecule has 0 amide bonds. The second-order valence-electron chi connectivity index (χ2n) is 3.34. The molecule has 0 bridgehead atoms. The van der Waals surface area contributed by atoms with Gasteiger partial charge in [-0.05, 0) is 25.8 Å². The highest BCUT2D eigenvalue weighted by molar-refractivity contribution is 5.66. The van der Waals surface area contributed by atoms with E-state index >= 15 is 0 Å². The van der Waals surface area contributed by atoms with E-state index in [2.05, 4.69) is 5.32 Å². The molecule has 0 aromatic heterocycles. The molecule has 0 saturated carbocycles. The maximum atomic E-state index is 10.2. The van der Waals surface area contributed by atoms with Gasteiger partial charge in [0.05, 0.1) is 6.10 Å². The number of carboxylic acid groups (broad SMARTS) is 1. The maximum Gasteiger partial charge on any atom is 0.303 e. The second kappa shape index (κ2) is 5.94. The number of nitrogens with one attached hydrogen (secondary N) is 1. The van der Waals surface area contributed by atoms with Crippen molar-refractivity contribution >= 4 is 5.97 Å². The van der Waals surface area contributed by atoms with E-state index in [0.29, 0.717) is 19.1 Å². The van der Waals surface area contributed by atoms with Crippen molar-refractivity contribution in [2.24, 2.45) is 0 Å². The van der Waals surface area contributed by atoms with E-state index in [1.54, 1.807) is 0 Å². The summed E-state index contributed by atoms with van der Waals surface area (Å²) < 4.78 is 5.51. The summed E-state index contributed by atoms with van der Waals surface area (Å²) in [6, 6.07) is 0. The molecule has 4 nitrogen and oxygen atoms in total. The summed E-state index contributed by atoms with van der Waals surface area (Å²) in [6.45, 7) is 2.56. The lowest BCUT2D eigenvalue weighted by molar-refractivity contribution is -0.137. The summed E-state index contributed by atoms with van der Waals surface area (Å²) in [5.74, 6) is -0.745. The number of piperidine rings is 1. The maximum absolute atomic E-state index is 10.2. The van der Waals surface area contributed by atoms with Crippen molar-refractivity contribution in [2.45, 2.75) is 31.8 Å². The van der Waals surface area contributed by atoms with E-state index in [0.717, 1.165) is 25.9 Å². The minimum atomic E-state index is -0.745. The number of ether oxygens (including phenoxy) is 1. The van der Waals surface area contributed by atoms with Crippen LogP contribution in [0.3, 0.4) is 0 Å². The Morgan fingerprint density at radius 2 is 2.46 bits per heavy atom. The molecule has 0 spiro atoms. The molecule has 1 unspecified atom stereocenters. The van der Waals surface area contributed by atoms with Crippen LogP contribution < -0.4 is 5.32 Å². The van der Waals surface area contributed by atoms with Crippen molar-refractivity contribution in [3.05, 3.63) is 0 Å². The van der Waals surface area contributed by atoms with E-state index in [9.17, 15) is 4.79 Å². The molecule has 1 saturated heterocycles. The Morgan fingerprint density at radius 1 is 1.62 bits per heavy atom. The molecule has 76 valence electrons. The molecule has 1 aliphatic rings. The first kappa shape index (κ1) is 10.5. The van der Waals surface area contributed by atoms with Gasteiger partial charge < -0.3 is 15.2 Å². The smallest absolute Gasteiger partial charge is 0.303 e. The zero-order chi connectivity index (χ0) is 9.52. The normalized spacial score (nSPS) is 22.9. The summed E-state index contributed by atoms with van der Waals surface area (Å²) in [4.78, 5) is 10.2. The van der Waals surface area contributed by atoms with Crippen LogP contribution in [0.1, 0.15) is 25.7 Å². The predicted molar refractivity (Wildman–Crippen MR) is 48.7 cm³/mol. The van der Waals surface area contributed by atoms with E-state index in [1.165, 1.54) is 0 Å². The van der Waals surface area contributed by atoms with Crippen LogP contribution in [-0.2, 0) is 9.53 Å². The van der Waals surface area contributed by atoms with Crippen LogP contribution in [0.15, 0.2) is 0 Å². The molecular formula is C9H17NO3. The highest BCUT2D eigenvalue weighted by Crippen LogP contribution is 2.06. The van der Waals surface area contributed by atoms with Gasteiger partial charge in [0, 0.05) is 19.6 Å². The molecule has 0 aromatic rings. The summed E-state index contributed by atoms with van der Waals surface area (Å²) in [5.41, 5.74) is 0. The van der Waals surface area contributed by atoms with Gasteiger partial charge in [-0.25, -0.2) is 0 Å². The number of carboxylic acids is 1. The van der Waals surface area contributed by atoms with Crippen LogP contribution in [-0.4, -0.2) is 36.9 Å². The van der Waals surface area contributed by atoms with Crippen LogP contribution >= 0.6 is 0 Å². The zero-order valence-corrected chi connectivity index (χ0v) is 7.79. The monoisotopic (exact) mass is 187 g/mol. The number of rotatable bonds is 5. The Balaban J connectivity index is 1.95. The van der Waals surface area contributed by atoms with E-state index < -0.39 is 5.97 Å². The predicted octanol–water partition coefficient (Wildman–Crippen LogP) is 0.620. The van der Waals surface area contributed by atoms with Crippen LogP contribution in [0.5, 0.6) is 0 Å². The Bertz CT molecular complexity index is 155. The van der Waals surface area contributed by atoms with Crippen LogP contribution in [0.4, 0.5) is 0 Å². The lowest BCUT2D eigenvalue weighted by Gasteiger charge is -2.22. The molecule has 13 heavy (non-hydrogen) atoms. The van der Waals surface area contributed by atoms with Crippen molar-refractivity contribution in [3.63, 3.8) is 0 Å². The Kier molecular flexibility index (Phi) is 4.78. The lowest BCUT2D eigenvalue weighted by Crippen LogP contribution is -2.35. The van der Waals surface area contributed by atoms with Gasteiger partial charge in [0.25, 0.3) is 0 Å². The molecule has 0 aliphatic carbocycles. The summed E-state index contributed by atoms with van der Waals surface area (Å²) in [6.07, 6.45) is 3.37. The van der Waals surface area contributed by atoms with Crippen molar-refractivity contribution < 1.29 is 14.6 Å². The van der Waals surface area contributed by atoms with Crippen molar-refractivity contribution in [2.75, 3.05) is 19.7 Å². The number of hydrogen-bond donors (Lipinski definition) is 2. The van der Waals surface area contributed by atoms with Gasteiger partial charge in [-0.15, -0.1) is 0 Å². The molecule has 1 aliphatic heterocycles. The Morgan fingerprint density at radius 3 is 3.08 bits per heavy atom. The quantitative estimate of drug-likeness (QED) is 0.619. The fourth-order valence-electron chi connectivity index (χ4n) is 1.44. The molecule has 4 heteroatoms. The minimum Gasteiger partial charge on any atom is -0.481 e. The van der Waals surface area contributed by atoms with Gasteiger partial charge >= 0.3 is 5.97 Å². The van der Waals surface area contributed by atoms with Crippen LogP contribution in [0.2, 0.25) is 0 Å². The highest BCUT2D eigenvalue weighted by atomic mass is 16.5. The molecule has 1 heterocycles. The Labute approximate surface area is 78.3 Å². The third-order valence-electron chi connectivity index (χ3n) is 2.14. The molecule has 1 rings (SSSR count). The van der Waals surface area contributed by atoms with Crippen LogP contribution in [0, 0.1) is 0 Å². The summed E-state index contributed by atoms with van der Waals surface area (Å²) in [7, 11) is 0. The van der Waals surface area contributed by atoms with E-state index in [-0.39, 0.29) is 6.42 Å². The van der Waals surface area contributed by atoms with E-state index in [1.807, 2.05) is 0 Å². The molecule has 1 atom stereocenters. The third-order valence-corrected chi connectivity index (χ3v) is 2.14. The second-order valence-corrected chi connectivity index (χ2v) is 3.34. The molecule has 0 aromatic carbocycles. The standard InChI is InChI=1S/C9H17NO3/c11-9(12)4-2-6-13-8-3-1-5-10-7-8/h8,10H,1-7H2,(H,11,12). The SMILES string of the molecule is O=C(O)CCCOC1CCCNC1. The van der Waals surface area contributed by atoms with Gasteiger partial charge in [0.15, 0.2) is 0 Å². The first-order valence-corrected chi connectivity index (χ1v) is 4.83. The molecular weight excluding hydrogens is 170 g/mol. The largest absolute Gasteiger partial charge is 0.481 e. The lowest BCUT2D eigenvalue weighted by atomic mass is 10.1. The van der Waals surface area contributed by atoms with Gasteiger partial charge in [0.2, 0.25) is 0 Å². The summed E-state index contributed by atoms with van der Waals surface area (Å²) >= 11 is 0. The average molecular weight is 187 g/mol. The van der Waals surface area contributed by atoms with E-state index in [4.69, 9.17) is 9.84 Å². The first-order valence-electron chi connectivity index (χ1n) is 4.83. The minimum absolute atomic E-state index is 0.208. The van der Waals surface area contributed by atoms with Crippen LogP contribution in [0.25, 0.3) is 0 Å². The van der Waals surface area contributed by atoms with Crippen molar-refractivity contribution in [1.29, 1.82) is 0 Å². The molecule has 2 N–H and O–H groups in total. The molecule has 1 fully saturated rings. The zero-order valence-electron chi connectivity index (χ0n) is 7.79. The fraction of sp³-hybridized carbons (Fsp3) is 0.889. The number of carbonyl (C=O) groups is 1. The van der Waals surface area contributed by atoms with Crippen molar-refractivity contribution in [1.82, 2.24) is 5.32 Å². The number of hydrogen-bond acceptors (Lipinski definition) is 3. The third kappa shape index (κ3) is 4.85. The van der Waals surface area contributed by atoms with Gasteiger partial charge in [-0.2, -0.15) is 0 Å². The first-order chi connectivity index (χ1) is 6.29. The molecule has 0 radical (unpaired) electrons. The topological polar surface area (TPSA) is 58.6 Å². The van der Waals surface area contributed by atoms with Gasteiger partial charge in [-0.3, -0.25) is 4.79 Å². The van der Waals surface area contributed by atoms with Gasteiger partial charge in [0.1, 0.15) is 0 Å². The van der Waals surface area contributed by atoms with Crippen molar-refractivity contribution in [3.8, 4) is 0 Å². The number of aliphatic carboxylic acids is 1. The summed E-state index contributed by atoms with van der Waals surface area (Å²) in [5, 5.41) is 11.6. The highest BCUT2D eigenvalue weighted by Gasteiger charge is 2.12.